The summed E-state index contributed by atoms with van der Waals surface area (Å²) in [5.41, 5.74) is 0. The summed E-state index contributed by atoms with van der Waals surface area (Å²) in [6, 6.07) is 0. The third-order valence-corrected chi connectivity index (χ3v) is 1.73. The first-order valence-corrected chi connectivity index (χ1v) is 4.52. The van der Waals surface area contributed by atoms with Gasteiger partial charge in [0.1, 0.15) is 0 Å². The molecule has 0 saturated carbocycles. The topological polar surface area (TPSA) is 0 Å². The number of rotatable bonds is 2. The van der Waals surface area contributed by atoms with Crippen LogP contribution in [0.5, 0.6) is 0 Å². The molecule has 0 unspecified atom stereocenters. The van der Waals surface area contributed by atoms with Gasteiger partial charge in [-0.1, -0.05) is 0 Å². The molecule has 0 aromatic carbocycles. The molecule has 0 nitrogen and oxygen atoms in total. The first-order valence-electron chi connectivity index (χ1n) is 2.78. The van der Waals surface area contributed by atoms with Crippen molar-refractivity contribution in [3.8, 4) is 0 Å². The molecule has 0 aliphatic heterocycles. The maximum atomic E-state index is 2.32. The fraction of sp³-hybridized carbons (Fsp3) is 1.00. The fourth-order valence-corrected chi connectivity index (χ4v) is 1.48. The van der Waals surface area contributed by atoms with Crippen molar-refractivity contribution >= 4 is 24.7 Å². The van der Waals surface area contributed by atoms with E-state index in [9.17, 15) is 0 Å². The molecule has 0 fully saturated rings. The molecule has 0 aromatic rings. The predicted octanol–water partition coefficient (Wildman–Crippen LogP) is 2.15. The molecule has 0 aliphatic rings. The Labute approximate surface area is 61.5 Å². The summed E-state index contributed by atoms with van der Waals surface area (Å²) in [6.45, 7) is 6.89. The number of hydrogen-bond acceptors (Lipinski definition) is 0. The Morgan fingerprint density at radius 1 is 1.43 bits per heavy atom. The Morgan fingerprint density at radius 3 is 1.86 bits per heavy atom. The van der Waals surface area contributed by atoms with Gasteiger partial charge in [0.2, 0.25) is 0 Å². The molecule has 2 radical (unpaired) electrons. The van der Waals surface area contributed by atoms with E-state index in [0.717, 1.165) is 0 Å². The minimum absolute atomic E-state index is 0.661. The molecule has 1 heteroatoms. The van der Waals surface area contributed by atoms with Gasteiger partial charge >= 0.3 is 61.5 Å². The Kier molecular flexibility index (Phi) is 3.40. The van der Waals surface area contributed by atoms with E-state index in [1.54, 1.807) is 0 Å². The first kappa shape index (κ1) is 7.88. The van der Waals surface area contributed by atoms with Crippen LogP contribution in [0, 0.1) is 0 Å². The average molecular weight is 294 g/mol. The minimum atomic E-state index is 0.661. The van der Waals surface area contributed by atoms with Crippen molar-refractivity contribution in [3.63, 3.8) is 0 Å². The summed E-state index contributed by atoms with van der Waals surface area (Å²) < 4.78 is 0.661. The zero-order valence-electron chi connectivity index (χ0n) is 5.36. The van der Waals surface area contributed by atoms with Gasteiger partial charge in [-0.3, -0.25) is 0 Å². The van der Waals surface area contributed by atoms with Gasteiger partial charge in [-0.2, -0.15) is 0 Å². The molecule has 7 heavy (non-hydrogen) atoms. The summed E-state index contributed by atoms with van der Waals surface area (Å²) in [5.74, 6) is 0. The Bertz CT molecular complexity index is 42.6. The average Bonchev–Trinajstić information content (AvgIpc) is 1.30. The Morgan fingerprint density at radius 2 is 1.86 bits per heavy atom. The summed E-state index contributed by atoms with van der Waals surface area (Å²) >= 11 is 1.53. The van der Waals surface area contributed by atoms with E-state index in [1.807, 2.05) is 0 Å². The van der Waals surface area contributed by atoms with Crippen molar-refractivity contribution in [1.82, 2.24) is 0 Å². The molecule has 0 N–H and O–H groups in total. The van der Waals surface area contributed by atoms with Crippen molar-refractivity contribution < 1.29 is 0 Å². The van der Waals surface area contributed by atoms with E-state index < -0.39 is 0 Å². The molecule has 0 aromatic heterocycles. The molecule has 0 rings (SSSR count). The van der Waals surface area contributed by atoms with E-state index in [4.69, 9.17) is 0 Å². The van der Waals surface area contributed by atoms with Gasteiger partial charge in [0.25, 0.3) is 0 Å². The summed E-state index contributed by atoms with van der Waals surface area (Å²) in [6.07, 6.45) is 2.73. The zero-order valence-corrected chi connectivity index (χ0v) is 8.84. The molecule has 0 heterocycles. The second-order valence-electron chi connectivity index (χ2n) is 2.56. The summed E-state index contributed by atoms with van der Waals surface area (Å²) in [7, 11) is 0. The molecule has 0 atom stereocenters. The molecule has 0 bridgehead atoms. The second-order valence-corrected chi connectivity index (χ2v) is 7.27. The maximum absolute atomic E-state index is 2.32. The van der Waals surface area contributed by atoms with Gasteiger partial charge in [-0.25, -0.2) is 0 Å². The van der Waals surface area contributed by atoms with Crippen LogP contribution in [0.25, 0.3) is 0 Å². The van der Waals surface area contributed by atoms with Crippen LogP contribution < -0.4 is 0 Å². The Balaban J connectivity index is 3.15. The van der Waals surface area contributed by atoms with Gasteiger partial charge in [0, 0.05) is 0 Å². The van der Waals surface area contributed by atoms with Crippen molar-refractivity contribution in [1.29, 1.82) is 0 Å². The van der Waals surface area contributed by atoms with Crippen LogP contribution in [0.4, 0.5) is 0 Å². The quantitative estimate of drug-likeness (QED) is 0.685. The summed E-state index contributed by atoms with van der Waals surface area (Å²) in [5, 5.41) is 0. The standard InChI is InChI=1S/C6H13.Bi/c1-4-5-6(2)3;/h4-5H2,1-3H3;. The van der Waals surface area contributed by atoms with Gasteiger partial charge < -0.3 is 0 Å². The first-order chi connectivity index (χ1) is 3.06. The van der Waals surface area contributed by atoms with E-state index in [0.29, 0.717) is 3.12 Å². The van der Waals surface area contributed by atoms with Crippen LogP contribution in [0.3, 0.4) is 0 Å². The van der Waals surface area contributed by atoms with Crippen LogP contribution in [-0.2, 0) is 0 Å². The van der Waals surface area contributed by atoms with Gasteiger partial charge in [-0.05, 0) is 0 Å². The molecular formula is C6H13Bi. The molecule has 0 saturated heterocycles. The van der Waals surface area contributed by atoms with Crippen molar-refractivity contribution in [2.24, 2.45) is 0 Å². The molecule has 0 amide bonds. The monoisotopic (exact) mass is 294 g/mol. The SMILES string of the molecule is CCC[C](C)(C)[Bi]. The van der Waals surface area contributed by atoms with Gasteiger partial charge in [0.15, 0.2) is 0 Å². The van der Waals surface area contributed by atoms with Crippen LogP contribution in [0.1, 0.15) is 33.6 Å². The van der Waals surface area contributed by atoms with E-state index >= 15 is 0 Å². The Hall–Kier alpha value is 0.883. The van der Waals surface area contributed by atoms with Crippen molar-refractivity contribution in [2.75, 3.05) is 0 Å². The van der Waals surface area contributed by atoms with Gasteiger partial charge in [-0.15, -0.1) is 0 Å². The van der Waals surface area contributed by atoms with Crippen LogP contribution >= 0.6 is 0 Å². The third kappa shape index (κ3) is 6.88. The zero-order chi connectivity index (χ0) is 5.91. The third-order valence-electron chi connectivity index (χ3n) is 0.862. The molecule has 0 aliphatic carbocycles. The van der Waals surface area contributed by atoms with Crippen LogP contribution in [0.15, 0.2) is 0 Å². The fourth-order valence-electron chi connectivity index (χ4n) is 0.612. The van der Waals surface area contributed by atoms with Crippen molar-refractivity contribution in [2.45, 2.75) is 36.7 Å². The molecule has 42 valence electrons. The second kappa shape index (κ2) is 3.02. The van der Waals surface area contributed by atoms with E-state index in [-0.39, 0.29) is 0 Å². The molecule has 0 spiro atoms. The number of hydrogen-bond donors (Lipinski definition) is 0. The van der Waals surface area contributed by atoms with Crippen molar-refractivity contribution in [3.05, 3.63) is 0 Å². The van der Waals surface area contributed by atoms with Crippen LogP contribution in [-0.4, -0.2) is 24.7 Å². The molecular weight excluding hydrogens is 281 g/mol. The predicted molar refractivity (Wildman–Crippen MR) is 34.7 cm³/mol. The van der Waals surface area contributed by atoms with E-state index in [2.05, 4.69) is 20.8 Å². The summed E-state index contributed by atoms with van der Waals surface area (Å²) in [4.78, 5) is 0. The van der Waals surface area contributed by atoms with Crippen LogP contribution in [0.2, 0.25) is 3.12 Å². The van der Waals surface area contributed by atoms with Gasteiger partial charge in [0.05, 0.1) is 0 Å². The normalized spacial score (nSPS) is 12.0. The van der Waals surface area contributed by atoms with E-state index in [1.165, 1.54) is 37.6 Å².